The van der Waals surface area contributed by atoms with Gasteiger partial charge in [-0.2, -0.15) is 4.31 Å². The van der Waals surface area contributed by atoms with E-state index in [9.17, 15) is 18.0 Å². The van der Waals surface area contributed by atoms with Crippen molar-refractivity contribution in [3.63, 3.8) is 0 Å². The van der Waals surface area contributed by atoms with Crippen LogP contribution in [0.5, 0.6) is 0 Å². The van der Waals surface area contributed by atoms with Crippen LogP contribution in [0.3, 0.4) is 0 Å². The number of carbonyl (C=O) groups is 2. The van der Waals surface area contributed by atoms with E-state index in [-0.39, 0.29) is 11.4 Å². The number of hydrogen-bond acceptors (Lipinski definition) is 5. The lowest BCUT2D eigenvalue weighted by atomic mass is 10.1. The molecule has 30 heavy (non-hydrogen) atoms. The Balaban J connectivity index is 1.66. The van der Waals surface area contributed by atoms with Gasteiger partial charge in [-0.05, 0) is 62.4 Å². The Morgan fingerprint density at radius 3 is 2.53 bits per heavy atom. The third-order valence-corrected chi connectivity index (χ3v) is 7.22. The van der Waals surface area contributed by atoms with Crippen molar-refractivity contribution in [3.05, 3.63) is 59.7 Å². The van der Waals surface area contributed by atoms with Crippen LogP contribution in [0.2, 0.25) is 0 Å². The second-order valence-electron chi connectivity index (χ2n) is 7.34. The number of carbonyl (C=O) groups excluding carboxylic acids is 2. The predicted octanol–water partition coefficient (Wildman–Crippen LogP) is 3.03. The minimum absolute atomic E-state index is 0.136. The molecule has 0 bridgehead atoms. The van der Waals surface area contributed by atoms with Crippen LogP contribution < -0.4 is 5.32 Å². The van der Waals surface area contributed by atoms with E-state index in [1.807, 2.05) is 26.0 Å². The highest BCUT2D eigenvalue weighted by molar-refractivity contribution is 7.89. The summed E-state index contributed by atoms with van der Waals surface area (Å²) in [6.07, 6.45) is 1.75. The van der Waals surface area contributed by atoms with Crippen molar-refractivity contribution in [2.75, 3.05) is 18.5 Å². The van der Waals surface area contributed by atoms with Crippen LogP contribution in [-0.2, 0) is 24.3 Å². The highest BCUT2D eigenvalue weighted by Gasteiger charge is 2.38. The third kappa shape index (κ3) is 4.88. The van der Waals surface area contributed by atoms with E-state index in [0.717, 1.165) is 17.5 Å². The molecule has 8 heteroatoms. The first-order valence-electron chi connectivity index (χ1n) is 9.90. The van der Waals surface area contributed by atoms with Gasteiger partial charge in [-0.15, -0.1) is 0 Å². The molecule has 2 aromatic carbocycles. The monoisotopic (exact) mass is 430 g/mol. The average molecular weight is 431 g/mol. The average Bonchev–Trinajstić information content (AvgIpc) is 2.76. The fourth-order valence-corrected chi connectivity index (χ4v) is 5.13. The van der Waals surface area contributed by atoms with E-state index in [4.69, 9.17) is 4.74 Å². The van der Waals surface area contributed by atoms with Crippen LogP contribution in [0, 0.1) is 13.8 Å². The zero-order valence-corrected chi connectivity index (χ0v) is 17.9. The zero-order chi connectivity index (χ0) is 21.7. The molecule has 2 aromatic rings. The van der Waals surface area contributed by atoms with Crippen molar-refractivity contribution in [1.82, 2.24) is 4.31 Å². The van der Waals surface area contributed by atoms with Crippen LogP contribution in [0.1, 0.15) is 30.4 Å². The van der Waals surface area contributed by atoms with Gasteiger partial charge in [-0.25, -0.2) is 8.42 Å². The molecular formula is C22H26N2O5S. The molecule has 7 nitrogen and oxygen atoms in total. The number of hydrogen-bond donors (Lipinski definition) is 1. The fraction of sp³-hybridized carbons (Fsp3) is 0.364. The quantitative estimate of drug-likeness (QED) is 0.711. The SMILES string of the molecule is Cc1cccc(NC(=O)COC(=O)C2CCCCN2S(=O)(=O)c2ccccc2)c1C. The number of nitrogens with zero attached hydrogens (tertiary/aromatic N) is 1. The van der Waals surface area contributed by atoms with Crippen molar-refractivity contribution in [1.29, 1.82) is 0 Å². The minimum Gasteiger partial charge on any atom is -0.454 e. The molecule has 1 aliphatic heterocycles. The Morgan fingerprint density at radius 1 is 1.07 bits per heavy atom. The van der Waals surface area contributed by atoms with Gasteiger partial charge >= 0.3 is 5.97 Å². The number of anilines is 1. The van der Waals surface area contributed by atoms with Crippen molar-refractivity contribution in [2.45, 2.75) is 44.0 Å². The first-order chi connectivity index (χ1) is 14.3. The number of aryl methyl sites for hydroxylation is 1. The number of rotatable bonds is 6. The Bertz CT molecular complexity index is 1020. The number of nitrogens with one attached hydrogen (secondary N) is 1. The first-order valence-corrected chi connectivity index (χ1v) is 11.3. The Hall–Kier alpha value is -2.71. The molecule has 0 aromatic heterocycles. The molecule has 1 heterocycles. The van der Waals surface area contributed by atoms with Crippen molar-refractivity contribution < 1.29 is 22.7 Å². The smallest absolute Gasteiger partial charge is 0.324 e. The number of amides is 1. The van der Waals surface area contributed by atoms with Crippen molar-refractivity contribution in [3.8, 4) is 0 Å². The molecule has 3 rings (SSSR count). The van der Waals surface area contributed by atoms with Gasteiger partial charge in [-0.3, -0.25) is 9.59 Å². The first kappa shape index (κ1) is 22.0. The maximum absolute atomic E-state index is 13.0. The molecule has 0 saturated carbocycles. The molecule has 1 atom stereocenters. The lowest BCUT2D eigenvalue weighted by molar-refractivity contribution is -0.152. The van der Waals surface area contributed by atoms with Gasteiger partial charge in [0.05, 0.1) is 4.90 Å². The Labute approximate surface area is 177 Å². The second kappa shape index (κ2) is 9.40. The molecule has 1 amide bonds. The summed E-state index contributed by atoms with van der Waals surface area (Å²) >= 11 is 0. The standard InChI is InChI=1S/C22H26N2O5S/c1-16-9-8-12-19(17(16)2)23-21(25)15-29-22(26)20-13-6-7-14-24(20)30(27,28)18-10-4-3-5-11-18/h3-5,8-12,20H,6-7,13-15H2,1-2H3,(H,23,25). The van der Waals surface area contributed by atoms with Crippen LogP contribution >= 0.6 is 0 Å². The molecule has 0 spiro atoms. The van der Waals surface area contributed by atoms with E-state index in [2.05, 4.69) is 5.32 Å². The topological polar surface area (TPSA) is 92.8 Å². The van der Waals surface area contributed by atoms with Gasteiger partial charge in [0.1, 0.15) is 6.04 Å². The number of piperidine rings is 1. The predicted molar refractivity (Wildman–Crippen MR) is 113 cm³/mol. The van der Waals surface area contributed by atoms with Gasteiger partial charge in [0.15, 0.2) is 6.61 Å². The lowest BCUT2D eigenvalue weighted by Gasteiger charge is -2.32. The maximum Gasteiger partial charge on any atom is 0.324 e. The highest BCUT2D eigenvalue weighted by Crippen LogP contribution is 2.26. The van der Waals surface area contributed by atoms with Gasteiger partial charge in [0.2, 0.25) is 10.0 Å². The molecule has 1 unspecified atom stereocenters. The Kier molecular flexibility index (Phi) is 6.89. The minimum atomic E-state index is -3.82. The van der Waals surface area contributed by atoms with Gasteiger partial charge in [0, 0.05) is 12.2 Å². The fourth-order valence-electron chi connectivity index (χ4n) is 3.46. The molecule has 0 radical (unpaired) electrons. The Morgan fingerprint density at radius 2 is 1.80 bits per heavy atom. The maximum atomic E-state index is 13.0. The summed E-state index contributed by atoms with van der Waals surface area (Å²) in [5.74, 6) is -1.17. The molecule has 160 valence electrons. The van der Waals surface area contributed by atoms with Crippen LogP contribution in [-0.4, -0.2) is 43.8 Å². The van der Waals surface area contributed by atoms with Gasteiger partial charge in [-0.1, -0.05) is 30.3 Å². The molecule has 0 aliphatic carbocycles. The normalized spacial score (nSPS) is 17.3. The second-order valence-corrected chi connectivity index (χ2v) is 9.23. The number of sulfonamides is 1. The van der Waals surface area contributed by atoms with E-state index in [1.165, 1.54) is 16.4 Å². The summed E-state index contributed by atoms with van der Waals surface area (Å²) in [6, 6.07) is 12.6. The zero-order valence-electron chi connectivity index (χ0n) is 17.1. The van der Waals surface area contributed by atoms with Crippen molar-refractivity contribution >= 4 is 27.6 Å². The van der Waals surface area contributed by atoms with Gasteiger partial charge < -0.3 is 10.1 Å². The summed E-state index contributed by atoms with van der Waals surface area (Å²) in [7, 11) is -3.82. The molecule has 1 fully saturated rings. The van der Waals surface area contributed by atoms with Crippen LogP contribution in [0.4, 0.5) is 5.69 Å². The number of esters is 1. The summed E-state index contributed by atoms with van der Waals surface area (Å²) in [5, 5.41) is 2.73. The number of benzene rings is 2. The van der Waals surface area contributed by atoms with E-state index < -0.39 is 34.5 Å². The van der Waals surface area contributed by atoms with E-state index >= 15 is 0 Å². The van der Waals surface area contributed by atoms with E-state index in [0.29, 0.717) is 18.5 Å². The van der Waals surface area contributed by atoms with E-state index in [1.54, 1.807) is 24.3 Å². The molecule has 1 aliphatic rings. The molecule has 1 N–H and O–H groups in total. The molecular weight excluding hydrogens is 404 g/mol. The lowest BCUT2D eigenvalue weighted by Crippen LogP contribution is -2.48. The summed E-state index contributed by atoms with van der Waals surface area (Å²) in [6.45, 7) is 3.61. The number of ether oxygens (including phenoxy) is 1. The van der Waals surface area contributed by atoms with Crippen molar-refractivity contribution in [2.24, 2.45) is 0 Å². The largest absolute Gasteiger partial charge is 0.454 e. The van der Waals surface area contributed by atoms with Crippen LogP contribution in [0.25, 0.3) is 0 Å². The molecule has 1 saturated heterocycles. The highest BCUT2D eigenvalue weighted by atomic mass is 32.2. The summed E-state index contributed by atoms with van der Waals surface area (Å²) in [4.78, 5) is 25.0. The third-order valence-electron chi connectivity index (χ3n) is 5.30. The van der Waals surface area contributed by atoms with Gasteiger partial charge in [0.25, 0.3) is 5.91 Å². The summed E-state index contributed by atoms with van der Waals surface area (Å²) in [5.41, 5.74) is 2.63. The van der Waals surface area contributed by atoms with Crippen LogP contribution in [0.15, 0.2) is 53.4 Å². The summed E-state index contributed by atoms with van der Waals surface area (Å²) < 4.78 is 32.4.